The second-order valence-corrected chi connectivity index (χ2v) is 16.5. The summed E-state index contributed by atoms with van der Waals surface area (Å²) < 4.78 is 2.47. The first kappa shape index (κ1) is 35.9. The first-order valence-corrected chi connectivity index (χ1v) is 21.5. The Hall–Kier alpha value is -8.00. The van der Waals surface area contributed by atoms with Crippen LogP contribution in [0.4, 0.5) is 0 Å². The number of hydrogen-bond donors (Lipinski definition) is 0. The van der Waals surface area contributed by atoms with Gasteiger partial charge < -0.3 is 4.57 Å². The second-order valence-electron chi connectivity index (χ2n) is 16.5. The fourth-order valence-corrected chi connectivity index (χ4v) is 9.63. The molecule has 0 aliphatic heterocycles. The Morgan fingerprint density at radius 1 is 0.242 bits per heavy atom. The van der Waals surface area contributed by atoms with Crippen LogP contribution in [0, 0.1) is 0 Å². The number of rotatable bonds is 7. The van der Waals surface area contributed by atoms with Crippen LogP contribution in [0.1, 0.15) is 11.1 Å². The van der Waals surface area contributed by atoms with Crippen molar-refractivity contribution in [1.82, 2.24) is 4.57 Å². The predicted octanol–water partition coefficient (Wildman–Crippen LogP) is 16.4. The average Bonchev–Trinajstić information content (AvgIpc) is 3.89. The maximum Gasteiger partial charge on any atom is 0.0541 e. The molecule has 0 saturated carbocycles. The van der Waals surface area contributed by atoms with Crippen molar-refractivity contribution >= 4 is 21.8 Å². The van der Waals surface area contributed by atoms with E-state index in [1.165, 1.54) is 117 Å². The summed E-state index contributed by atoms with van der Waals surface area (Å²) in [5.41, 5.74) is 23.8. The van der Waals surface area contributed by atoms with E-state index in [2.05, 4.69) is 241 Å². The zero-order valence-electron chi connectivity index (χ0n) is 34.2. The van der Waals surface area contributed by atoms with Gasteiger partial charge in [-0.3, -0.25) is 0 Å². The van der Waals surface area contributed by atoms with Crippen molar-refractivity contribution in [3.05, 3.63) is 248 Å². The summed E-state index contributed by atoms with van der Waals surface area (Å²) in [7, 11) is 0. The summed E-state index contributed by atoms with van der Waals surface area (Å²) in [6.07, 6.45) is 0.915. The van der Waals surface area contributed by atoms with E-state index >= 15 is 0 Å². The average molecular weight is 788 g/mol. The molecule has 0 atom stereocenters. The Kier molecular flexibility index (Phi) is 8.64. The Labute approximate surface area is 362 Å². The summed E-state index contributed by atoms with van der Waals surface area (Å²) in [4.78, 5) is 0. The van der Waals surface area contributed by atoms with Crippen LogP contribution >= 0.6 is 0 Å². The molecule has 11 aromatic rings. The number of hydrogen-bond acceptors (Lipinski definition) is 0. The highest BCUT2D eigenvalue weighted by Gasteiger charge is 2.22. The summed E-state index contributed by atoms with van der Waals surface area (Å²) >= 11 is 0. The zero-order valence-corrected chi connectivity index (χ0v) is 34.2. The molecule has 12 rings (SSSR count). The zero-order chi connectivity index (χ0) is 41.0. The highest BCUT2D eigenvalue weighted by molar-refractivity contribution is 6.11. The van der Waals surface area contributed by atoms with Gasteiger partial charge >= 0.3 is 0 Å². The van der Waals surface area contributed by atoms with Crippen molar-refractivity contribution in [3.63, 3.8) is 0 Å². The van der Waals surface area contributed by atoms with Crippen LogP contribution in [0.15, 0.2) is 237 Å². The molecule has 0 N–H and O–H groups in total. The summed E-state index contributed by atoms with van der Waals surface area (Å²) in [5.74, 6) is 0. The standard InChI is InChI=1S/C61H41N/c1-4-10-41(11-5-1)44-16-22-47(23-17-44)50-28-32-56-53(36-50)37-54-38-55(31-33-57(54)56)62-60-34-29-51(48-24-18-45(19-25-48)42-12-6-2-7-13-42)39-58(60)59-40-52(30-35-61(59)62)49-26-20-46(21-27-49)43-14-8-3-9-15-43/h1-36,38-40H,37H2. The van der Waals surface area contributed by atoms with Crippen molar-refractivity contribution in [1.29, 1.82) is 0 Å². The fourth-order valence-electron chi connectivity index (χ4n) is 9.63. The molecule has 1 heterocycles. The first-order chi connectivity index (χ1) is 30.7. The highest BCUT2D eigenvalue weighted by Crippen LogP contribution is 2.43. The van der Waals surface area contributed by atoms with Gasteiger partial charge in [-0.1, -0.05) is 200 Å². The number of nitrogens with zero attached hydrogens (tertiary/aromatic N) is 1. The fraction of sp³-hybridized carbons (Fsp3) is 0.0164. The molecule has 62 heavy (non-hydrogen) atoms. The first-order valence-electron chi connectivity index (χ1n) is 21.5. The second kappa shape index (κ2) is 14.9. The van der Waals surface area contributed by atoms with Gasteiger partial charge in [-0.2, -0.15) is 0 Å². The molecule has 0 saturated heterocycles. The lowest BCUT2D eigenvalue weighted by molar-refractivity contribution is 1.16. The quantitative estimate of drug-likeness (QED) is 0.152. The third kappa shape index (κ3) is 6.35. The molecular formula is C61H41N. The molecule has 1 aromatic heterocycles. The van der Waals surface area contributed by atoms with Gasteiger partial charge in [0.15, 0.2) is 0 Å². The summed E-state index contributed by atoms with van der Waals surface area (Å²) in [6, 6.07) is 86.9. The number of benzene rings is 10. The molecule has 290 valence electrons. The van der Waals surface area contributed by atoms with Crippen molar-refractivity contribution in [2.24, 2.45) is 0 Å². The van der Waals surface area contributed by atoms with E-state index in [1.54, 1.807) is 0 Å². The van der Waals surface area contributed by atoms with Gasteiger partial charge in [0, 0.05) is 16.5 Å². The molecule has 0 radical (unpaired) electrons. The van der Waals surface area contributed by atoms with E-state index < -0.39 is 0 Å². The lowest BCUT2D eigenvalue weighted by Crippen LogP contribution is -1.95. The molecule has 1 aliphatic carbocycles. The Balaban J connectivity index is 0.924. The molecule has 0 amide bonds. The minimum Gasteiger partial charge on any atom is -0.309 e. The molecular weight excluding hydrogens is 747 g/mol. The normalized spacial score (nSPS) is 11.8. The van der Waals surface area contributed by atoms with Gasteiger partial charge in [0.1, 0.15) is 0 Å². The maximum absolute atomic E-state index is 2.47. The highest BCUT2D eigenvalue weighted by atomic mass is 15.0. The molecule has 0 spiro atoms. The van der Waals surface area contributed by atoms with E-state index in [1.807, 2.05) is 0 Å². The van der Waals surface area contributed by atoms with Crippen LogP contribution in [0.3, 0.4) is 0 Å². The maximum atomic E-state index is 2.47. The van der Waals surface area contributed by atoms with Gasteiger partial charge in [0.2, 0.25) is 0 Å². The van der Waals surface area contributed by atoms with E-state index in [9.17, 15) is 0 Å². The van der Waals surface area contributed by atoms with Crippen molar-refractivity contribution in [2.45, 2.75) is 6.42 Å². The van der Waals surface area contributed by atoms with E-state index in [0.717, 1.165) is 6.42 Å². The topological polar surface area (TPSA) is 4.93 Å². The summed E-state index contributed by atoms with van der Waals surface area (Å²) in [5, 5.41) is 2.50. The van der Waals surface area contributed by atoms with Gasteiger partial charge in [0.05, 0.1) is 11.0 Å². The van der Waals surface area contributed by atoms with Crippen LogP contribution in [0.2, 0.25) is 0 Å². The Morgan fingerprint density at radius 2 is 0.548 bits per heavy atom. The minimum atomic E-state index is 0.915. The molecule has 1 aliphatic rings. The van der Waals surface area contributed by atoms with Crippen LogP contribution < -0.4 is 0 Å². The van der Waals surface area contributed by atoms with E-state index in [0.29, 0.717) is 0 Å². The monoisotopic (exact) mass is 787 g/mol. The third-order valence-electron chi connectivity index (χ3n) is 12.9. The van der Waals surface area contributed by atoms with E-state index in [4.69, 9.17) is 0 Å². The van der Waals surface area contributed by atoms with Gasteiger partial charge in [-0.05, 0) is 132 Å². The van der Waals surface area contributed by atoms with Gasteiger partial charge in [0.25, 0.3) is 0 Å². The van der Waals surface area contributed by atoms with Crippen molar-refractivity contribution < 1.29 is 0 Å². The number of fused-ring (bicyclic) bond motifs is 6. The Morgan fingerprint density at radius 3 is 0.968 bits per heavy atom. The van der Waals surface area contributed by atoms with Crippen molar-refractivity contribution in [2.75, 3.05) is 0 Å². The van der Waals surface area contributed by atoms with Crippen LogP contribution in [0.5, 0.6) is 0 Å². The molecule has 0 bridgehead atoms. The molecule has 1 nitrogen and oxygen atoms in total. The van der Waals surface area contributed by atoms with E-state index in [-0.39, 0.29) is 0 Å². The lowest BCUT2D eigenvalue weighted by Gasteiger charge is -2.11. The molecule has 1 heteroatoms. The lowest BCUT2D eigenvalue weighted by atomic mass is 9.97. The third-order valence-corrected chi connectivity index (χ3v) is 12.9. The minimum absolute atomic E-state index is 0.915. The smallest absolute Gasteiger partial charge is 0.0541 e. The van der Waals surface area contributed by atoms with Gasteiger partial charge in [-0.25, -0.2) is 0 Å². The largest absolute Gasteiger partial charge is 0.309 e. The van der Waals surface area contributed by atoms with Crippen LogP contribution in [-0.4, -0.2) is 4.57 Å². The van der Waals surface area contributed by atoms with Crippen LogP contribution in [0.25, 0.3) is 105 Å². The number of aromatic nitrogens is 1. The van der Waals surface area contributed by atoms with Gasteiger partial charge in [-0.15, -0.1) is 0 Å². The van der Waals surface area contributed by atoms with Crippen LogP contribution in [-0.2, 0) is 6.42 Å². The predicted molar refractivity (Wildman–Crippen MR) is 262 cm³/mol. The molecule has 0 fully saturated rings. The summed E-state index contributed by atoms with van der Waals surface area (Å²) in [6.45, 7) is 0. The molecule has 0 unspecified atom stereocenters. The molecule has 10 aromatic carbocycles. The Bertz CT molecular complexity index is 3270. The SMILES string of the molecule is c1ccc(-c2ccc(-c3ccc4c(c3)Cc3cc(-n5c6ccc(-c7ccc(-c8ccccc8)cc7)cc6c6cc(-c7ccc(-c8ccccc8)cc7)ccc65)ccc3-4)cc2)cc1. The van der Waals surface area contributed by atoms with Crippen molar-refractivity contribution in [3.8, 4) is 83.6 Å².